The molecule has 0 unspecified atom stereocenters. The molecule has 5 nitrogen and oxygen atoms in total. The Labute approximate surface area is 102 Å². The van der Waals surface area contributed by atoms with E-state index >= 15 is 0 Å². The van der Waals surface area contributed by atoms with E-state index in [0.29, 0.717) is 11.3 Å². The highest BCUT2D eigenvalue weighted by Gasteiger charge is 2.12. The molecule has 0 saturated heterocycles. The van der Waals surface area contributed by atoms with Crippen molar-refractivity contribution in [2.75, 3.05) is 0 Å². The van der Waals surface area contributed by atoms with Crippen molar-refractivity contribution >= 4 is 11.9 Å². The smallest absolute Gasteiger partial charge is 0.337 e. The molecule has 0 fully saturated rings. The minimum absolute atomic E-state index is 0.0616. The molecule has 0 saturated carbocycles. The Morgan fingerprint density at radius 3 is 2.22 bits per heavy atom. The van der Waals surface area contributed by atoms with Crippen LogP contribution in [0.25, 0.3) is 11.3 Å². The van der Waals surface area contributed by atoms with Crippen LogP contribution in [0, 0.1) is 0 Å². The fraction of sp³-hybridized carbons (Fsp3) is 0. The van der Waals surface area contributed by atoms with E-state index in [1.807, 2.05) is 0 Å². The second kappa shape index (κ2) is 4.67. The van der Waals surface area contributed by atoms with Gasteiger partial charge >= 0.3 is 11.9 Å². The van der Waals surface area contributed by atoms with E-state index < -0.39 is 11.9 Å². The average Bonchev–Trinajstić information content (AvgIpc) is 2.39. The molecule has 1 aromatic heterocycles. The van der Waals surface area contributed by atoms with Crippen LogP contribution in [0.1, 0.15) is 20.7 Å². The van der Waals surface area contributed by atoms with Crippen molar-refractivity contribution in [3.63, 3.8) is 0 Å². The fourth-order valence-electron chi connectivity index (χ4n) is 1.57. The van der Waals surface area contributed by atoms with Crippen LogP contribution in [-0.4, -0.2) is 27.1 Å². The second-order valence-corrected chi connectivity index (χ2v) is 3.59. The number of aromatic nitrogens is 1. The van der Waals surface area contributed by atoms with Gasteiger partial charge in [0.15, 0.2) is 0 Å². The topological polar surface area (TPSA) is 87.5 Å². The summed E-state index contributed by atoms with van der Waals surface area (Å²) in [5.41, 5.74) is 1.08. The number of pyridine rings is 1. The number of benzene rings is 1. The highest BCUT2D eigenvalue weighted by molar-refractivity contribution is 5.95. The molecule has 0 spiro atoms. The summed E-state index contributed by atoms with van der Waals surface area (Å²) in [7, 11) is 0. The summed E-state index contributed by atoms with van der Waals surface area (Å²) >= 11 is 0. The quantitative estimate of drug-likeness (QED) is 0.862. The molecule has 90 valence electrons. The maximum absolute atomic E-state index is 11.0. The van der Waals surface area contributed by atoms with Gasteiger partial charge in [-0.2, -0.15) is 0 Å². The zero-order valence-electron chi connectivity index (χ0n) is 9.20. The lowest BCUT2D eigenvalue weighted by molar-refractivity contribution is 0.0685. The number of aromatic carboxylic acids is 2. The summed E-state index contributed by atoms with van der Waals surface area (Å²) in [6.45, 7) is 0. The van der Waals surface area contributed by atoms with Crippen LogP contribution in [0.2, 0.25) is 0 Å². The molecular formula is C13H9NO4. The van der Waals surface area contributed by atoms with E-state index in [2.05, 4.69) is 4.98 Å². The van der Waals surface area contributed by atoms with Gasteiger partial charge in [-0.15, -0.1) is 0 Å². The van der Waals surface area contributed by atoms with E-state index in [0.717, 1.165) is 0 Å². The van der Waals surface area contributed by atoms with Crippen molar-refractivity contribution in [1.82, 2.24) is 4.98 Å². The van der Waals surface area contributed by atoms with Gasteiger partial charge in [-0.1, -0.05) is 18.2 Å². The Morgan fingerprint density at radius 1 is 0.944 bits per heavy atom. The van der Waals surface area contributed by atoms with Gasteiger partial charge < -0.3 is 10.2 Å². The standard InChI is InChI=1S/C13H9NO4/c15-12(16)8-5-6-11(14-7-8)9-3-1-2-4-10(9)13(17)18/h1-7H,(H,15,16)(H,17,18). The molecule has 0 bridgehead atoms. The molecule has 0 aliphatic carbocycles. The molecule has 0 atom stereocenters. The van der Waals surface area contributed by atoms with Crippen LogP contribution in [-0.2, 0) is 0 Å². The molecule has 2 N–H and O–H groups in total. The number of carboxylic acids is 2. The van der Waals surface area contributed by atoms with Crippen molar-refractivity contribution in [3.05, 3.63) is 53.7 Å². The second-order valence-electron chi connectivity index (χ2n) is 3.59. The van der Waals surface area contributed by atoms with E-state index in [4.69, 9.17) is 10.2 Å². The van der Waals surface area contributed by atoms with Gasteiger partial charge in [-0.05, 0) is 18.2 Å². The average molecular weight is 243 g/mol. The molecule has 0 amide bonds. The third-order valence-electron chi connectivity index (χ3n) is 2.44. The van der Waals surface area contributed by atoms with Crippen molar-refractivity contribution in [2.24, 2.45) is 0 Å². The molecule has 5 heteroatoms. The Hall–Kier alpha value is -2.69. The molecule has 18 heavy (non-hydrogen) atoms. The predicted molar refractivity (Wildman–Crippen MR) is 63.6 cm³/mol. The first-order valence-corrected chi connectivity index (χ1v) is 5.11. The Balaban J connectivity index is 2.49. The maximum Gasteiger partial charge on any atom is 0.337 e. The summed E-state index contributed by atoms with van der Waals surface area (Å²) < 4.78 is 0. The molecule has 2 rings (SSSR count). The number of nitrogens with zero attached hydrogens (tertiary/aromatic N) is 1. The highest BCUT2D eigenvalue weighted by atomic mass is 16.4. The maximum atomic E-state index is 11.0. The molecule has 1 heterocycles. The number of carbonyl (C=O) groups is 2. The largest absolute Gasteiger partial charge is 0.478 e. The Kier molecular flexibility index (Phi) is 3.05. The summed E-state index contributed by atoms with van der Waals surface area (Å²) in [5.74, 6) is -2.12. The minimum Gasteiger partial charge on any atom is -0.478 e. The van der Waals surface area contributed by atoms with Gasteiger partial charge in [0.2, 0.25) is 0 Å². The third-order valence-corrected chi connectivity index (χ3v) is 2.44. The van der Waals surface area contributed by atoms with Gasteiger partial charge in [-0.3, -0.25) is 4.98 Å². The number of carboxylic acid groups (broad SMARTS) is 2. The predicted octanol–water partition coefficient (Wildman–Crippen LogP) is 2.14. The molecule has 0 aliphatic heterocycles. The third kappa shape index (κ3) is 2.20. The monoisotopic (exact) mass is 243 g/mol. The van der Waals surface area contributed by atoms with Crippen LogP contribution in [0.5, 0.6) is 0 Å². The first-order chi connectivity index (χ1) is 8.59. The Morgan fingerprint density at radius 2 is 1.67 bits per heavy atom. The van der Waals surface area contributed by atoms with Crippen LogP contribution < -0.4 is 0 Å². The Bertz CT molecular complexity index is 605. The SMILES string of the molecule is O=C(O)c1ccc(-c2ccccc2C(=O)O)nc1. The fourth-order valence-corrected chi connectivity index (χ4v) is 1.57. The summed E-state index contributed by atoms with van der Waals surface area (Å²) in [5, 5.41) is 17.8. The minimum atomic E-state index is -1.07. The van der Waals surface area contributed by atoms with E-state index in [-0.39, 0.29) is 11.1 Å². The van der Waals surface area contributed by atoms with Gasteiger partial charge in [0, 0.05) is 11.8 Å². The zero-order valence-corrected chi connectivity index (χ0v) is 9.20. The highest BCUT2D eigenvalue weighted by Crippen LogP contribution is 2.21. The first-order valence-electron chi connectivity index (χ1n) is 5.11. The van der Waals surface area contributed by atoms with E-state index in [1.54, 1.807) is 18.2 Å². The molecule has 0 radical (unpaired) electrons. The van der Waals surface area contributed by atoms with Crippen LogP contribution in [0.4, 0.5) is 0 Å². The van der Waals surface area contributed by atoms with E-state index in [1.165, 1.54) is 24.4 Å². The number of hydrogen-bond acceptors (Lipinski definition) is 3. The number of hydrogen-bond donors (Lipinski definition) is 2. The van der Waals surface area contributed by atoms with Gasteiger partial charge in [-0.25, -0.2) is 9.59 Å². The lowest BCUT2D eigenvalue weighted by Gasteiger charge is -2.05. The lowest BCUT2D eigenvalue weighted by Crippen LogP contribution is -2.01. The van der Waals surface area contributed by atoms with Gasteiger partial charge in [0.05, 0.1) is 16.8 Å². The van der Waals surface area contributed by atoms with Crippen LogP contribution >= 0.6 is 0 Å². The van der Waals surface area contributed by atoms with Gasteiger partial charge in [0.1, 0.15) is 0 Å². The van der Waals surface area contributed by atoms with Crippen LogP contribution in [0.3, 0.4) is 0 Å². The molecular weight excluding hydrogens is 234 g/mol. The first kappa shape index (κ1) is 11.8. The lowest BCUT2D eigenvalue weighted by atomic mass is 10.0. The summed E-state index contributed by atoms with van der Waals surface area (Å²) in [6.07, 6.45) is 1.20. The van der Waals surface area contributed by atoms with Crippen LogP contribution in [0.15, 0.2) is 42.6 Å². The number of rotatable bonds is 3. The zero-order chi connectivity index (χ0) is 13.1. The van der Waals surface area contributed by atoms with Gasteiger partial charge in [0.25, 0.3) is 0 Å². The summed E-state index contributed by atoms with van der Waals surface area (Å²) in [6, 6.07) is 9.32. The molecule has 2 aromatic rings. The van der Waals surface area contributed by atoms with Crippen molar-refractivity contribution < 1.29 is 19.8 Å². The van der Waals surface area contributed by atoms with E-state index in [9.17, 15) is 9.59 Å². The van der Waals surface area contributed by atoms with Crippen molar-refractivity contribution in [3.8, 4) is 11.3 Å². The summed E-state index contributed by atoms with van der Waals surface area (Å²) in [4.78, 5) is 25.7. The molecule has 0 aliphatic rings. The molecule has 1 aromatic carbocycles. The van der Waals surface area contributed by atoms with Crippen molar-refractivity contribution in [1.29, 1.82) is 0 Å². The van der Waals surface area contributed by atoms with Crippen molar-refractivity contribution in [2.45, 2.75) is 0 Å². The normalized spacial score (nSPS) is 10.0.